The molecule has 0 aromatic carbocycles. The smallest absolute Gasteiger partial charge is 0.191 e. The van der Waals surface area contributed by atoms with Gasteiger partial charge < -0.3 is 15.4 Å². The van der Waals surface area contributed by atoms with E-state index in [1.807, 2.05) is 7.05 Å². The summed E-state index contributed by atoms with van der Waals surface area (Å²) in [4.78, 5) is 4.39. The second kappa shape index (κ2) is 8.62. The summed E-state index contributed by atoms with van der Waals surface area (Å²) in [7, 11) is 1.87. The van der Waals surface area contributed by atoms with Crippen molar-refractivity contribution in [3.05, 3.63) is 0 Å². The third kappa shape index (κ3) is 4.87. The third-order valence-electron chi connectivity index (χ3n) is 4.87. The molecule has 4 heteroatoms. The summed E-state index contributed by atoms with van der Waals surface area (Å²) in [5.74, 6) is 1.72. The molecule has 2 bridgehead atoms. The molecule has 0 aliphatic carbocycles. The molecule has 21 heavy (non-hydrogen) atoms. The largest absolute Gasteiger partial charge is 0.373 e. The van der Waals surface area contributed by atoms with Crippen molar-refractivity contribution in [2.75, 3.05) is 13.6 Å². The molecule has 2 fully saturated rings. The molecule has 2 heterocycles. The molecule has 0 radical (unpaired) electrons. The van der Waals surface area contributed by atoms with Gasteiger partial charge in [-0.05, 0) is 38.0 Å². The molecule has 2 aliphatic rings. The van der Waals surface area contributed by atoms with Gasteiger partial charge in [0.15, 0.2) is 5.96 Å². The van der Waals surface area contributed by atoms with Gasteiger partial charge in [-0.3, -0.25) is 4.99 Å². The second-order valence-corrected chi connectivity index (χ2v) is 6.61. The zero-order valence-electron chi connectivity index (χ0n) is 14.0. The number of fused-ring (bicyclic) bond motifs is 2. The van der Waals surface area contributed by atoms with E-state index in [2.05, 4.69) is 29.5 Å². The van der Waals surface area contributed by atoms with Crippen LogP contribution in [0.15, 0.2) is 4.99 Å². The first kappa shape index (κ1) is 16.6. The lowest BCUT2D eigenvalue weighted by molar-refractivity contribution is 0.0992. The van der Waals surface area contributed by atoms with Crippen LogP contribution in [0.25, 0.3) is 0 Å². The molecule has 0 saturated carbocycles. The van der Waals surface area contributed by atoms with E-state index in [9.17, 15) is 0 Å². The number of nitrogens with one attached hydrogen (secondary N) is 2. The number of hydrogen-bond donors (Lipinski definition) is 2. The van der Waals surface area contributed by atoms with E-state index in [0.717, 1.165) is 24.8 Å². The van der Waals surface area contributed by atoms with Crippen LogP contribution in [0, 0.1) is 5.92 Å². The number of unbranched alkanes of at least 4 members (excludes halogenated alkanes) is 1. The molecule has 2 saturated heterocycles. The normalized spacial score (nSPS) is 29.7. The van der Waals surface area contributed by atoms with Crippen molar-refractivity contribution < 1.29 is 4.74 Å². The van der Waals surface area contributed by atoms with Crippen LogP contribution in [0.3, 0.4) is 0 Å². The molecule has 0 aromatic heterocycles. The van der Waals surface area contributed by atoms with Gasteiger partial charge >= 0.3 is 0 Å². The molecule has 0 amide bonds. The predicted octanol–water partition coefficient (Wildman–Crippen LogP) is 3.08. The number of rotatable bonds is 8. The fourth-order valence-electron chi connectivity index (χ4n) is 3.65. The van der Waals surface area contributed by atoms with Gasteiger partial charge in [0.1, 0.15) is 0 Å². The van der Waals surface area contributed by atoms with Crippen LogP contribution in [-0.4, -0.2) is 37.8 Å². The first-order chi connectivity index (χ1) is 10.3. The lowest BCUT2D eigenvalue weighted by atomic mass is 9.95. The Labute approximate surface area is 130 Å². The number of hydrogen-bond acceptors (Lipinski definition) is 2. The van der Waals surface area contributed by atoms with Crippen LogP contribution in [0.5, 0.6) is 0 Å². The average molecular weight is 295 g/mol. The summed E-state index contributed by atoms with van der Waals surface area (Å²) in [5, 5.41) is 7.10. The number of guanidine groups is 1. The summed E-state index contributed by atoms with van der Waals surface area (Å²) in [6.07, 6.45) is 11.0. The van der Waals surface area contributed by atoms with Crippen LogP contribution >= 0.6 is 0 Å². The van der Waals surface area contributed by atoms with E-state index < -0.39 is 0 Å². The van der Waals surface area contributed by atoms with Gasteiger partial charge in [0.2, 0.25) is 0 Å². The Kier molecular flexibility index (Phi) is 6.81. The van der Waals surface area contributed by atoms with E-state index in [1.165, 1.54) is 44.9 Å². The van der Waals surface area contributed by atoms with Crippen LogP contribution in [0.2, 0.25) is 0 Å². The summed E-state index contributed by atoms with van der Waals surface area (Å²) < 4.78 is 5.90. The molecule has 4 unspecified atom stereocenters. The van der Waals surface area contributed by atoms with E-state index in [4.69, 9.17) is 4.74 Å². The number of nitrogens with zero attached hydrogens (tertiary/aromatic N) is 1. The van der Waals surface area contributed by atoms with Crippen molar-refractivity contribution >= 4 is 5.96 Å². The molecule has 0 aromatic rings. The van der Waals surface area contributed by atoms with Crippen molar-refractivity contribution in [2.24, 2.45) is 10.9 Å². The minimum Gasteiger partial charge on any atom is -0.373 e. The maximum absolute atomic E-state index is 5.90. The minimum absolute atomic E-state index is 0.403. The lowest BCUT2D eigenvalue weighted by Crippen LogP contribution is -2.48. The second-order valence-electron chi connectivity index (χ2n) is 6.61. The fraction of sp³-hybridized carbons (Fsp3) is 0.941. The zero-order chi connectivity index (χ0) is 15.1. The molecular weight excluding hydrogens is 262 g/mol. The number of ether oxygens (including phenoxy) is 1. The highest BCUT2D eigenvalue weighted by Gasteiger charge is 2.41. The highest BCUT2D eigenvalue weighted by atomic mass is 16.5. The number of aliphatic imine (C=N–C) groups is 1. The SMILES string of the molecule is CCCCC(CCC)CNC(=NC)NC1CC2CCC1O2. The first-order valence-electron chi connectivity index (χ1n) is 8.89. The highest BCUT2D eigenvalue weighted by molar-refractivity contribution is 5.80. The standard InChI is InChI=1S/C17H33N3O/c1-4-6-8-13(7-5-2)12-19-17(18-3)20-15-11-14-9-10-16(15)21-14/h13-16H,4-12H2,1-3H3,(H2,18,19,20). The first-order valence-corrected chi connectivity index (χ1v) is 8.89. The molecule has 2 N–H and O–H groups in total. The van der Waals surface area contributed by atoms with Crippen LogP contribution in [0.1, 0.15) is 65.2 Å². The van der Waals surface area contributed by atoms with Crippen molar-refractivity contribution in [1.82, 2.24) is 10.6 Å². The van der Waals surface area contributed by atoms with Gasteiger partial charge in [0, 0.05) is 13.6 Å². The third-order valence-corrected chi connectivity index (χ3v) is 4.87. The van der Waals surface area contributed by atoms with Crippen molar-refractivity contribution in [3.63, 3.8) is 0 Å². The summed E-state index contributed by atoms with van der Waals surface area (Å²) in [5.41, 5.74) is 0. The molecule has 2 aliphatic heterocycles. The van der Waals surface area contributed by atoms with Crippen LogP contribution in [0.4, 0.5) is 0 Å². The van der Waals surface area contributed by atoms with E-state index >= 15 is 0 Å². The average Bonchev–Trinajstić information content (AvgIpc) is 3.11. The van der Waals surface area contributed by atoms with Gasteiger partial charge in [0.05, 0.1) is 18.2 Å². The monoisotopic (exact) mass is 295 g/mol. The Morgan fingerprint density at radius 3 is 2.67 bits per heavy atom. The molecule has 2 rings (SSSR count). The van der Waals surface area contributed by atoms with Gasteiger partial charge in [-0.25, -0.2) is 0 Å². The molecular formula is C17H33N3O. The van der Waals surface area contributed by atoms with Crippen molar-refractivity contribution in [2.45, 2.75) is 83.5 Å². The van der Waals surface area contributed by atoms with Gasteiger partial charge in [-0.2, -0.15) is 0 Å². The van der Waals surface area contributed by atoms with Gasteiger partial charge in [-0.15, -0.1) is 0 Å². The van der Waals surface area contributed by atoms with Crippen LogP contribution in [-0.2, 0) is 4.74 Å². The molecule has 0 spiro atoms. The van der Waals surface area contributed by atoms with E-state index in [0.29, 0.717) is 18.2 Å². The predicted molar refractivity (Wildman–Crippen MR) is 88.7 cm³/mol. The summed E-state index contributed by atoms with van der Waals surface area (Å²) >= 11 is 0. The Morgan fingerprint density at radius 2 is 2.10 bits per heavy atom. The quantitative estimate of drug-likeness (QED) is 0.534. The minimum atomic E-state index is 0.403. The van der Waals surface area contributed by atoms with Gasteiger partial charge in [-0.1, -0.05) is 33.1 Å². The maximum Gasteiger partial charge on any atom is 0.191 e. The Hall–Kier alpha value is -0.770. The molecule has 4 nitrogen and oxygen atoms in total. The Bertz CT molecular complexity index is 332. The fourth-order valence-corrected chi connectivity index (χ4v) is 3.65. The topological polar surface area (TPSA) is 45.7 Å². The lowest BCUT2D eigenvalue weighted by Gasteiger charge is -2.24. The van der Waals surface area contributed by atoms with Crippen molar-refractivity contribution in [1.29, 1.82) is 0 Å². The summed E-state index contributed by atoms with van der Waals surface area (Å²) in [6, 6.07) is 0.454. The zero-order valence-corrected chi connectivity index (χ0v) is 14.0. The Balaban J connectivity index is 1.73. The molecule has 4 atom stereocenters. The van der Waals surface area contributed by atoms with E-state index in [-0.39, 0.29) is 0 Å². The molecule has 122 valence electrons. The van der Waals surface area contributed by atoms with Crippen molar-refractivity contribution in [3.8, 4) is 0 Å². The summed E-state index contributed by atoms with van der Waals surface area (Å²) in [6.45, 7) is 5.58. The van der Waals surface area contributed by atoms with Crippen LogP contribution < -0.4 is 10.6 Å². The van der Waals surface area contributed by atoms with Gasteiger partial charge in [0.25, 0.3) is 0 Å². The Morgan fingerprint density at radius 1 is 1.24 bits per heavy atom. The van der Waals surface area contributed by atoms with E-state index in [1.54, 1.807) is 0 Å². The maximum atomic E-state index is 5.90. The highest BCUT2D eigenvalue weighted by Crippen LogP contribution is 2.34.